The van der Waals surface area contributed by atoms with Crippen molar-refractivity contribution >= 4 is 17.2 Å². The molecular weight excluding hydrogens is 417 g/mol. The first kappa shape index (κ1) is 20.0. The molecule has 1 saturated carbocycles. The summed E-state index contributed by atoms with van der Waals surface area (Å²) in [6.07, 6.45) is 6.45. The van der Waals surface area contributed by atoms with Crippen LogP contribution in [0.5, 0.6) is 5.88 Å². The van der Waals surface area contributed by atoms with Crippen LogP contribution in [0.3, 0.4) is 0 Å². The summed E-state index contributed by atoms with van der Waals surface area (Å²) in [6.45, 7) is 4.35. The van der Waals surface area contributed by atoms with Gasteiger partial charge in [-0.05, 0) is 43.7 Å². The lowest BCUT2D eigenvalue weighted by atomic mass is 9.64. The maximum absolute atomic E-state index is 13.7. The molecule has 9 heteroatoms. The number of nitrogens with zero attached hydrogens (tertiary/aromatic N) is 5. The first-order chi connectivity index (χ1) is 15.0. The average molecular weight is 440 g/mol. The van der Waals surface area contributed by atoms with Crippen LogP contribution in [-0.2, 0) is 0 Å². The highest BCUT2D eigenvalue weighted by atomic mass is 32.1. The molecule has 2 saturated heterocycles. The Kier molecular flexibility index (Phi) is 5.13. The first-order valence-electron chi connectivity index (χ1n) is 10.3. The zero-order valence-electron chi connectivity index (χ0n) is 17.2. The molecule has 0 radical (unpaired) electrons. The summed E-state index contributed by atoms with van der Waals surface area (Å²) in [5, 5.41) is 0.797. The molecule has 3 aromatic heterocycles. The van der Waals surface area contributed by atoms with Crippen LogP contribution < -0.4 is 4.74 Å². The van der Waals surface area contributed by atoms with Crippen molar-refractivity contribution < 1.29 is 13.9 Å². The fourth-order valence-electron chi connectivity index (χ4n) is 4.55. The highest BCUT2D eigenvalue weighted by Gasteiger charge is 2.51. The van der Waals surface area contributed by atoms with Crippen molar-refractivity contribution in [1.82, 2.24) is 24.8 Å². The van der Waals surface area contributed by atoms with Gasteiger partial charge in [-0.25, -0.2) is 24.3 Å². The van der Waals surface area contributed by atoms with Gasteiger partial charge in [0.05, 0.1) is 17.2 Å². The van der Waals surface area contributed by atoms with Gasteiger partial charge in [0.2, 0.25) is 5.88 Å². The van der Waals surface area contributed by atoms with E-state index in [1.807, 2.05) is 11.8 Å². The topological polar surface area (TPSA) is 81.1 Å². The van der Waals surface area contributed by atoms with E-state index in [9.17, 15) is 9.18 Å². The number of ether oxygens (including phenoxy) is 1. The lowest BCUT2D eigenvalue weighted by Gasteiger charge is -2.56. The number of pyridine rings is 1. The maximum Gasteiger partial charge on any atom is 0.274 e. The smallest absolute Gasteiger partial charge is 0.274 e. The minimum atomic E-state index is -0.411. The molecule has 2 atom stereocenters. The Morgan fingerprint density at radius 3 is 2.74 bits per heavy atom. The average Bonchev–Trinajstić information content (AvgIpc) is 3.14. The van der Waals surface area contributed by atoms with Crippen molar-refractivity contribution in [2.75, 3.05) is 6.61 Å². The Morgan fingerprint density at radius 2 is 2.03 bits per heavy atom. The number of halogens is 1. The number of hydrogen-bond donors (Lipinski definition) is 0. The normalized spacial score (nSPS) is 24.5. The van der Waals surface area contributed by atoms with Crippen LogP contribution in [0.2, 0.25) is 0 Å². The van der Waals surface area contributed by atoms with Gasteiger partial charge in [0.25, 0.3) is 5.91 Å². The number of piperidine rings is 2. The van der Waals surface area contributed by atoms with Gasteiger partial charge < -0.3 is 9.64 Å². The number of carbonyl (C=O) groups is 1. The van der Waals surface area contributed by atoms with Gasteiger partial charge in [-0.15, -0.1) is 11.3 Å². The molecule has 31 heavy (non-hydrogen) atoms. The van der Waals surface area contributed by atoms with Crippen LogP contribution in [-0.4, -0.2) is 49.4 Å². The summed E-state index contributed by atoms with van der Waals surface area (Å²) in [5.74, 6) is 1.20. The molecule has 6 rings (SSSR count). The van der Waals surface area contributed by atoms with E-state index in [1.54, 1.807) is 18.5 Å². The van der Waals surface area contributed by atoms with Crippen molar-refractivity contribution in [1.29, 1.82) is 0 Å². The number of fused-ring (bicyclic) bond motifs is 2. The van der Waals surface area contributed by atoms with E-state index in [2.05, 4.69) is 26.9 Å². The van der Waals surface area contributed by atoms with E-state index in [0.29, 0.717) is 34.8 Å². The summed E-state index contributed by atoms with van der Waals surface area (Å²) in [7, 11) is 0. The Labute approximate surface area is 183 Å². The van der Waals surface area contributed by atoms with Gasteiger partial charge in [-0.2, -0.15) is 0 Å². The Hall–Kier alpha value is -2.94. The van der Waals surface area contributed by atoms with E-state index in [4.69, 9.17) is 4.74 Å². The van der Waals surface area contributed by atoms with Gasteiger partial charge in [0.1, 0.15) is 17.3 Å². The Balaban J connectivity index is 1.43. The summed E-state index contributed by atoms with van der Waals surface area (Å²) >= 11 is 1.43. The van der Waals surface area contributed by atoms with Gasteiger partial charge >= 0.3 is 0 Å². The van der Waals surface area contributed by atoms with Crippen molar-refractivity contribution in [3.05, 3.63) is 53.3 Å². The number of hydrogen-bond acceptors (Lipinski definition) is 7. The highest BCUT2D eigenvalue weighted by molar-refractivity contribution is 7.15. The number of aromatic nitrogens is 4. The predicted octanol–water partition coefficient (Wildman–Crippen LogP) is 3.76. The third kappa shape index (κ3) is 3.67. The molecule has 1 amide bonds. The molecule has 2 bridgehead atoms. The number of carbonyl (C=O) groups excluding carboxylic acids is 1. The van der Waals surface area contributed by atoms with E-state index in [0.717, 1.165) is 24.0 Å². The molecule has 160 valence electrons. The van der Waals surface area contributed by atoms with Gasteiger partial charge in [0.15, 0.2) is 11.5 Å². The van der Waals surface area contributed by atoms with E-state index < -0.39 is 5.82 Å². The SMILES string of the molecule is Cc1nc(C(=O)N2C3CC(C3)[C@H](C)[C@H]2COc2ccc(F)cn2)c(-c2ncccn2)s1. The van der Waals surface area contributed by atoms with Crippen LogP contribution in [0, 0.1) is 24.6 Å². The van der Waals surface area contributed by atoms with Crippen LogP contribution >= 0.6 is 11.3 Å². The molecule has 0 aromatic carbocycles. The van der Waals surface area contributed by atoms with Gasteiger partial charge in [-0.3, -0.25) is 4.79 Å². The second-order valence-electron chi connectivity index (χ2n) is 8.13. The van der Waals surface area contributed by atoms with Gasteiger partial charge in [0, 0.05) is 24.5 Å². The van der Waals surface area contributed by atoms with Crippen molar-refractivity contribution in [3.8, 4) is 16.6 Å². The molecule has 1 aliphatic carbocycles. The van der Waals surface area contributed by atoms with Gasteiger partial charge in [-0.1, -0.05) is 6.92 Å². The summed E-state index contributed by atoms with van der Waals surface area (Å²) in [4.78, 5) is 33.6. The molecule has 5 heterocycles. The van der Waals surface area contributed by atoms with Crippen molar-refractivity contribution in [3.63, 3.8) is 0 Å². The van der Waals surface area contributed by atoms with E-state index >= 15 is 0 Å². The summed E-state index contributed by atoms with van der Waals surface area (Å²) in [6, 6.07) is 4.64. The quantitative estimate of drug-likeness (QED) is 0.602. The van der Waals surface area contributed by atoms with Crippen LogP contribution in [0.1, 0.15) is 35.3 Å². The zero-order valence-corrected chi connectivity index (χ0v) is 18.1. The minimum absolute atomic E-state index is 0.108. The second-order valence-corrected chi connectivity index (χ2v) is 9.34. The monoisotopic (exact) mass is 439 g/mol. The Morgan fingerprint density at radius 1 is 1.26 bits per heavy atom. The first-order valence-corrected chi connectivity index (χ1v) is 11.1. The van der Waals surface area contributed by atoms with E-state index in [-0.39, 0.29) is 23.9 Å². The largest absolute Gasteiger partial charge is 0.475 e. The molecule has 3 aromatic rings. The van der Waals surface area contributed by atoms with Crippen molar-refractivity contribution in [2.45, 2.75) is 38.8 Å². The number of rotatable bonds is 5. The molecule has 3 fully saturated rings. The number of aryl methyl sites for hydroxylation is 1. The molecular formula is C22H22FN5O2S. The minimum Gasteiger partial charge on any atom is -0.475 e. The second kappa shape index (κ2) is 7.96. The Bertz CT molecular complexity index is 1090. The molecule has 3 aliphatic rings. The fourth-order valence-corrected chi connectivity index (χ4v) is 5.41. The van der Waals surface area contributed by atoms with Crippen LogP contribution in [0.15, 0.2) is 36.8 Å². The van der Waals surface area contributed by atoms with E-state index in [1.165, 1.54) is 23.5 Å². The fraction of sp³-hybridized carbons (Fsp3) is 0.409. The van der Waals surface area contributed by atoms with Crippen LogP contribution in [0.25, 0.3) is 10.7 Å². The third-order valence-electron chi connectivity index (χ3n) is 6.29. The van der Waals surface area contributed by atoms with Crippen molar-refractivity contribution in [2.24, 2.45) is 11.8 Å². The highest BCUT2D eigenvalue weighted by Crippen LogP contribution is 2.47. The zero-order chi connectivity index (χ0) is 21.5. The summed E-state index contributed by atoms with van der Waals surface area (Å²) in [5.41, 5.74) is 0.399. The van der Waals surface area contributed by atoms with Crippen LogP contribution in [0.4, 0.5) is 4.39 Å². The number of thiazole rings is 1. The molecule has 0 N–H and O–H groups in total. The third-order valence-corrected chi connectivity index (χ3v) is 7.26. The molecule has 7 nitrogen and oxygen atoms in total. The lowest BCUT2D eigenvalue weighted by Crippen LogP contribution is -2.64. The summed E-state index contributed by atoms with van der Waals surface area (Å²) < 4.78 is 19.0. The molecule has 2 aliphatic heterocycles. The standard InChI is InChI=1S/C22H22FN5O2S/c1-12-14-8-16(9-14)28(17(12)11-30-18-5-4-15(23)10-26-18)22(29)19-20(31-13(2)27-19)21-24-6-3-7-25-21/h3-7,10,12,14,16-17H,8-9,11H2,1-2H3/t12-,14?,16?,17+/m0/s1. The lowest BCUT2D eigenvalue weighted by molar-refractivity contribution is -0.0676. The predicted molar refractivity (Wildman–Crippen MR) is 113 cm³/mol. The number of amides is 1. The maximum atomic E-state index is 13.7. The molecule has 0 unspecified atom stereocenters. The molecule has 0 spiro atoms.